The molecule has 1 rings (SSSR count). The van der Waals surface area contributed by atoms with Gasteiger partial charge in [-0.2, -0.15) is 5.26 Å². The third-order valence-corrected chi connectivity index (χ3v) is 2.79. The Hall–Kier alpha value is -1.34. The number of rotatable bonds is 10. The van der Waals surface area contributed by atoms with E-state index in [4.69, 9.17) is 10.00 Å². The van der Waals surface area contributed by atoms with Crippen molar-refractivity contribution in [3.05, 3.63) is 18.7 Å². The number of aromatic nitrogens is 2. The van der Waals surface area contributed by atoms with Crippen LogP contribution in [0.3, 0.4) is 0 Å². The SMILES string of the molecule is CCCOC[n+]1ccn(CCCCCCC#N)c1. The van der Waals surface area contributed by atoms with Gasteiger partial charge in [-0.25, -0.2) is 9.13 Å². The maximum absolute atomic E-state index is 8.42. The Bertz CT molecular complexity index is 354. The van der Waals surface area contributed by atoms with Crippen LogP contribution in [0.4, 0.5) is 0 Å². The summed E-state index contributed by atoms with van der Waals surface area (Å²) in [4.78, 5) is 0. The summed E-state index contributed by atoms with van der Waals surface area (Å²) in [5.41, 5.74) is 0. The second-order valence-corrected chi connectivity index (χ2v) is 4.53. The Labute approximate surface area is 110 Å². The normalized spacial score (nSPS) is 10.4. The van der Waals surface area contributed by atoms with Crippen molar-refractivity contribution in [2.24, 2.45) is 0 Å². The van der Waals surface area contributed by atoms with Gasteiger partial charge in [-0.1, -0.05) is 13.3 Å². The number of nitrogens with zero attached hydrogens (tertiary/aromatic N) is 3. The number of unbranched alkanes of at least 4 members (excludes halogenated alkanes) is 4. The van der Waals surface area contributed by atoms with E-state index in [0.29, 0.717) is 13.2 Å². The van der Waals surface area contributed by atoms with Gasteiger partial charge in [0.25, 0.3) is 0 Å². The fourth-order valence-corrected chi connectivity index (χ4v) is 1.81. The molecule has 100 valence electrons. The van der Waals surface area contributed by atoms with Crippen molar-refractivity contribution in [1.82, 2.24) is 4.57 Å². The second kappa shape index (κ2) is 9.67. The molecule has 0 N–H and O–H groups in total. The van der Waals surface area contributed by atoms with Crippen LogP contribution in [0.25, 0.3) is 0 Å². The predicted octanol–water partition coefficient (Wildman–Crippen LogP) is 2.63. The van der Waals surface area contributed by atoms with Crippen molar-refractivity contribution in [2.45, 2.75) is 58.7 Å². The first-order valence-corrected chi connectivity index (χ1v) is 6.86. The summed E-state index contributed by atoms with van der Waals surface area (Å²) in [5.74, 6) is 0. The van der Waals surface area contributed by atoms with Gasteiger partial charge in [0, 0.05) is 6.42 Å². The zero-order valence-corrected chi connectivity index (χ0v) is 11.3. The summed E-state index contributed by atoms with van der Waals surface area (Å²) >= 11 is 0. The largest absolute Gasteiger partial charge is 0.342 e. The summed E-state index contributed by atoms with van der Waals surface area (Å²) in [7, 11) is 0. The van der Waals surface area contributed by atoms with Gasteiger partial charge in [0.05, 0.1) is 19.2 Å². The highest BCUT2D eigenvalue weighted by atomic mass is 16.5. The highest BCUT2D eigenvalue weighted by Crippen LogP contribution is 2.03. The van der Waals surface area contributed by atoms with E-state index in [-0.39, 0.29) is 0 Å². The van der Waals surface area contributed by atoms with E-state index in [1.165, 1.54) is 12.8 Å². The minimum Gasteiger partial charge on any atom is -0.342 e. The van der Waals surface area contributed by atoms with Crippen molar-refractivity contribution in [2.75, 3.05) is 6.61 Å². The first-order chi connectivity index (χ1) is 8.86. The molecule has 0 aromatic carbocycles. The van der Waals surface area contributed by atoms with E-state index in [0.717, 1.165) is 32.4 Å². The molecule has 0 saturated carbocycles. The van der Waals surface area contributed by atoms with Crippen LogP contribution in [-0.4, -0.2) is 11.2 Å². The second-order valence-electron chi connectivity index (χ2n) is 4.53. The van der Waals surface area contributed by atoms with E-state index in [2.05, 4.69) is 34.7 Å². The lowest BCUT2D eigenvalue weighted by molar-refractivity contribution is -0.732. The Balaban J connectivity index is 2.09. The van der Waals surface area contributed by atoms with Gasteiger partial charge < -0.3 is 4.74 Å². The number of ether oxygens (including phenoxy) is 1. The minimum absolute atomic E-state index is 0.642. The van der Waals surface area contributed by atoms with Crippen LogP contribution in [0.5, 0.6) is 0 Å². The summed E-state index contributed by atoms with van der Waals surface area (Å²) in [6, 6.07) is 2.18. The first-order valence-electron chi connectivity index (χ1n) is 6.86. The Morgan fingerprint density at radius 3 is 2.89 bits per heavy atom. The van der Waals surface area contributed by atoms with Gasteiger partial charge in [0.15, 0.2) is 6.73 Å². The lowest BCUT2D eigenvalue weighted by Gasteiger charge is -1.98. The number of hydrogen-bond donors (Lipinski definition) is 0. The van der Waals surface area contributed by atoms with E-state index in [1.807, 2.05) is 6.20 Å². The van der Waals surface area contributed by atoms with Crippen LogP contribution >= 0.6 is 0 Å². The van der Waals surface area contributed by atoms with Crippen molar-refractivity contribution < 1.29 is 9.30 Å². The smallest absolute Gasteiger partial charge is 0.245 e. The standard InChI is InChI=1S/C14H24N3O/c1-2-12-18-14-17-11-10-16(13-17)9-7-5-3-4-6-8-15/h10-11,13H,2-7,9,12,14H2,1H3/q+1. The first kappa shape index (κ1) is 14.7. The Morgan fingerprint density at radius 1 is 1.28 bits per heavy atom. The lowest BCUT2D eigenvalue weighted by Crippen LogP contribution is -2.32. The third kappa shape index (κ3) is 6.41. The monoisotopic (exact) mass is 250 g/mol. The predicted molar refractivity (Wildman–Crippen MR) is 69.6 cm³/mol. The van der Waals surface area contributed by atoms with Crippen LogP contribution in [0.15, 0.2) is 18.7 Å². The number of nitriles is 1. The van der Waals surface area contributed by atoms with Gasteiger partial charge in [-0.3, -0.25) is 0 Å². The third-order valence-electron chi connectivity index (χ3n) is 2.79. The maximum atomic E-state index is 8.42. The van der Waals surface area contributed by atoms with Crippen LogP contribution < -0.4 is 4.57 Å². The molecule has 0 amide bonds. The number of imidazole rings is 1. The van der Waals surface area contributed by atoms with Crippen LogP contribution in [0, 0.1) is 11.3 Å². The molecule has 0 fully saturated rings. The topological polar surface area (TPSA) is 41.8 Å². The fourth-order valence-electron chi connectivity index (χ4n) is 1.81. The summed E-state index contributed by atoms with van der Waals surface area (Å²) in [6.07, 6.45) is 12.5. The molecule has 1 aromatic heterocycles. The molecule has 1 aromatic rings. The fraction of sp³-hybridized carbons (Fsp3) is 0.714. The van der Waals surface area contributed by atoms with Crippen LogP contribution in [0.1, 0.15) is 45.4 Å². The average molecular weight is 250 g/mol. The average Bonchev–Trinajstić information content (AvgIpc) is 2.82. The summed E-state index contributed by atoms with van der Waals surface area (Å²) < 4.78 is 9.73. The van der Waals surface area contributed by atoms with E-state index in [9.17, 15) is 0 Å². The Morgan fingerprint density at radius 2 is 2.11 bits per heavy atom. The molecule has 1 heterocycles. The van der Waals surface area contributed by atoms with Gasteiger partial charge in [-0.15, -0.1) is 0 Å². The molecular weight excluding hydrogens is 226 g/mol. The molecule has 0 aliphatic rings. The van der Waals surface area contributed by atoms with E-state index >= 15 is 0 Å². The highest BCUT2D eigenvalue weighted by molar-refractivity contribution is 4.68. The highest BCUT2D eigenvalue weighted by Gasteiger charge is 2.02. The molecule has 0 saturated heterocycles. The number of aryl methyl sites for hydroxylation is 1. The van der Waals surface area contributed by atoms with Crippen molar-refractivity contribution in [1.29, 1.82) is 5.26 Å². The summed E-state index contributed by atoms with van der Waals surface area (Å²) in [5, 5.41) is 8.42. The molecule has 0 aliphatic heterocycles. The van der Waals surface area contributed by atoms with Gasteiger partial charge >= 0.3 is 0 Å². The molecule has 0 aliphatic carbocycles. The molecule has 0 atom stereocenters. The van der Waals surface area contributed by atoms with Crippen LogP contribution in [-0.2, 0) is 18.0 Å². The lowest BCUT2D eigenvalue weighted by atomic mass is 10.1. The van der Waals surface area contributed by atoms with Gasteiger partial charge in [0.2, 0.25) is 6.33 Å². The molecule has 0 bridgehead atoms. The van der Waals surface area contributed by atoms with E-state index in [1.54, 1.807) is 0 Å². The van der Waals surface area contributed by atoms with Crippen LogP contribution in [0.2, 0.25) is 0 Å². The molecular formula is C14H24N3O+. The zero-order valence-electron chi connectivity index (χ0n) is 11.3. The molecule has 0 radical (unpaired) electrons. The van der Waals surface area contributed by atoms with Crippen molar-refractivity contribution in [3.63, 3.8) is 0 Å². The quantitative estimate of drug-likeness (QED) is 0.473. The summed E-state index contributed by atoms with van der Waals surface area (Å²) in [6.45, 7) is 4.62. The van der Waals surface area contributed by atoms with Gasteiger partial charge in [0.1, 0.15) is 12.4 Å². The maximum Gasteiger partial charge on any atom is 0.245 e. The number of hydrogen-bond acceptors (Lipinski definition) is 2. The van der Waals surface area contributed by atoms with E-state index < -0.39 is 0 Å². The Kier molecular flexibility index (Phi) is 7.90. The molecule has 4 nitrogen and oxygen atoms in total. The molecule has 0 unspecified atom stereocenters. The van der Waals surface area contributed by atoms with Gasteiger partial charge in [-0.05, 0) is 25.7 Å². The van der Waals surface area contributed by atoms with Crippen molar-refractivity contribution >= 4 is 0 Å². The molecule has 0 spiro atoms. The zero-order chi connectivity index (χ0) is 13.1. The minimum atomic E-state index is 0.642. The molecule has 18 heavy (non-hydrogen) atoms. The molecule has 4 heteroatoms. The van der Waals surface area contributed by atoms with Crippen molar-refractivity contribution in [3.8, 4) is 6.07 Å².